The maximum atomic E-state index is 10.5. The molecule has 2 aromatic carbocycles. The van der Waals surface area contributed by atoms with Gasteiger partial charge in [-0.1, -0.05) is 67.1 Å². The summed E-state index contributed by atoms with van der Waals surface area (Å²) in [6.07, 6.45) is -0.749. The smallest absolute Gasteiger partial charge is 0.210 e. The van der Waals surface area contributed by atoms with Crippen LogP contribution in [0.3, 0.4) is 0 Å². The lowest BCUT2D eigenvalue weighted by atomic mass is 10.0. The van der Waals surface area contributed by atoms with Gasteiger partial charge < -0.3 is 10.4 Å². The molecule has 24 heavy (non-hydrogen) atoms. The van der Waals surface area contributed by atoms with Crippen LogP contribution in [0.1, 0.15) is 47.6 Å². The van der Waals surface area contributed by atoms with Gasteiger partial charge in [0.15, 0.2) is 5.01 Å². The van der Waals surface area contributed by atoms with E-state index < -0.39 is 6.10 Å². The largest absolute Gasteiger partial charge is 0.381 e. The molecule has 0 aliphatic rings. The van der Waals surface area contributed by atoms with E-state index in [0.717, 1.165) is 16.8 Å². The van der Waals surface area contributed by atoms with Crippen molar-refractivity contribution in [3.8, 4) is 0 Å². The van der Waals surface area contributed by atoms with Crippen molar-refractivity contribution in [1.82, 2.24) is 10.2 Å². The summed E-state index contributed by atoms with van der Waals surface area (Å²) in [4.78, 5) is 0. The lowest BCUT2D eigenvalue weighted by Crippen LogP contribution is -1.98. The second-order valence-corrected chi connectivity index (χ2v) is 7.17. The molecule has 3 rings (SSSR count). The van der Waals surface area contributed by atoms with Crippen LogP contribution in [0.25, 0.3) is 0 Å². The average molecular weight is 339 g/mol. The van der Waals surface area contributed by atoms with Crippen molar-refractivity contribution in [1.29, 1.82) is 0 Å². The molecule has 0 radical (unpaired) electrons. The van der Waals surface area contributed by atoms with Crippen molar-refractivity contribution in [2.75, 3.05) is 5.32 Å². The van der Waals surface area contributed by atoms with Gasteiger partial charge in [0.05, 0.1) is 0 Å². The summed E-state index contributed by atoms with van der Waals surface area (Å²) in [6.45, 7) is 6.36. The van der Waals surface area contributed by atoms with Gasteiger partial charge in [0.25, 0.3) is 0 Å². The summed E-state index contributed by atoms with van der Waals surface area (Å²) >= 11 is 1.37. The number of nitrogens with zero attached hydrogens (tertiary/aromatic N) is 2. The third-order valence-electron chi connectivity index (χ3n) is 3.87. The maximum absolute atomic E-state index is 10.5. The number of nitrogens with one attached hydrogen (secondary N) is 1. The van der Waals surface area contributed by atoms with Crippen LogP contribution in [0.2, 0.25) is 0 Å². The second-order valence-electron chi connectivity index (χ2n) is 6.16. The topological polar surface area (TPSA) is 58.0 Å². The van der Waals surface area contributed by atoms with E-state index in [9.17, 15) is 5.11 Å². The molecule has 1 unspecified atom stereocenters. The van der Waals surface area contributed by atoms with Crippen LogP contribution in [-0.4, -0.2) is 15.3 Å². The van der Waals surface area contributed by atoms with E-state index in [2.05, 4.69) is 41.5 Å². The lowest BCUT2D eigenvalue weighted by molar-refractivity contribution is 0.219. The van der Waals surface area contributed by atoms with Gasteiger partial charge >= 0.3 is 0 Å². The molecule has 0 aliphatic heterocycles. The summed E-state index contributed by atoms with van der Waals surface area (Å²) in [5.41, 5.74) is 4.24. The van der Waals surface area contributed by atoms with Crippen molar-refractivity contribution in [3.05, 3.63) is 70.2 Å². The Labute approximate surface area is 146 Å². The van der Waals surface area contributed by atoms with Crippen LogP contribution in [0.5, 0.6) is 0 Å². The first-order valence-electron chi connectivity index (χ1n) is 7.98. The number of rotatable bonds is 5. The zero-order valence-electron chi connectivity index (χ0n) is 14.0. The quantitative estimate of drug-likeness (QED) is 0.701. The average Bonchev–Trinajstić information content (AvgIpc) is 3.03. The molecule has 124 valence electrons. The second kappa shape index (κ2) is 7.11. The zero-order chi connectivity index (χ0) is 17.1. The van der Waals surface area contributed by atoms with Gasteiger partial charge in [-0.25, -0.2) is 0 Å². The Kier molecular flexibility index (Phi) is 4.92. The molecule has 1 aromatic heterocycles. The molecule has 0 aliphatic carbocycles. The Balaban J connectivity index is 1.75. The van der Waals surface area contributed by atoms with E-state index in [-0.39, 0.29) is 0 Å². The number of aryl methyl sites for hydroxylation is 1. The Morgan fingerprint density at radius 3 is 2.46 bits per heavy atom. The van der Waals surface area contributed by atoms with Crippen LogP contribution in [0.15, 0.2) is 48.5 Å². The molecular formula is C19H21N3OS. The van der Waals surface area contributed by atoms with E-state index >= 15 is 0 Å². The first-order chi connectivity index (χ1) is 11.5. The Morgan fingerprint density at radius 2 is 1.75 bits per heavy atom. The van der Waals surface area contributed by atoms with Gasteiger partial charge in [0, 0.05) is 5.69 Å². The van der Waals surface area contributed by atoms with Crippen LogP contribution >= 0.6 is 11.3 Å². The van der Waals surface area contributed by atoms with E-state index in [4.69, 9.17) is 0 Å². The van der Waals surface area contributed by atoms with Gasteiger partial charge in [-0.05, 0) is 36.1 Å². The molecule has 1 atom stereocenters. The number of benzene rings is 2. The fourth-order valence-corrected chi connectivity index (χ4v) is 3.16. The van der Waals surface area contributed by atoms with Crippen molar-refractivity contribution in [2.24, 2.45) is 0 Å². The fraction of sp³-hybridized carbons (Fsp3) is 0.263. The third kappa shape index (κ3) is 3.80. The standard InChI is InChI=1S/C19H21N3OS/c1-12(2)15-5-4-6-16(11-15)20-19-22-21-18(24-19)17(23)14-9-7-13(3)8-10-14/h4-12,17,23H,1-3H3,(H,20,22). The molecule has 3 aromatic rings. The van der Waals surface area contributed by atoms with Crippen molar-refractivity contribution < 1.29 is 5.11 Å². The molecule has 0 saturated heterocycles. The predicted molar refractivity (Wildman–Crippen MR) is 99.0 cm³/mol. The minimum atomic E-state index is -0.749. The number of aliphatic hydroxyl groups excluding tert-OH is 1. The van der Waals surface area contributed by atoms with Crippen molar-refractivity contribution in [2.45, 2.75) is 32.8 Å². The summed E-state index contributed by atoms with van der Waals surface area (Å²) < 4.78 is 0. The highest BCUT2D eigenvalue weighted by Gasteiger charge is 2.16. The van der Waals surface area contributed by atoms with Crippen LogP contribution in [0, 0.1) is 6.92 Å². The molecule has 5 heteroatoms. The molecule has 4 nitrogen and oxygen atoms in total. The van der Waals surface area contributed by atoms with E-state index in [1.165, 1.54) is 16.9 Å². The summed E-state index contributed by atoms with van der Waals surface area (Å²) in [6, 6.07) is 16.1. The molecular weight excluding hydrogens is 318 g/mol. The van der Waals surface area contributed by atoms with Crippen LogP contribution < -0.4 is 5.32 Å². The fourth-order valence-electron chi connectivity index (χ4n) is 2.39. The molecule has 0 saturated carbocycles. The lowest BCUT2D eigenvalue weighted by Gasteiger charge is -2.08. The number of aliphatic hydroxyl groups is 1. The molecule has 0 spiro atoms. The number of hydrogen-bond acceptors (Lipinski definition) is 5. The molecule has 0 bridgehead atoms. The van der Waals surface area contributed by atoms with E-state index in [1.54, 1.807) is 0 Å². The summed E-state index contributed by atoms with van der Waals surface area (Å²) in [5.74, 6) is 0.472. The Hall–Kier alpha value is -2.24. The SMILES string of the molecule is Cc1ccc(C(O)c2nnc(Nc3cccc(C(C)C)c3)s2)cc1. The van der Waals surface area contributed by atoms with Crippen molar-refractivity contribution in [3.63, 3.8) is 0 Å². The number of anilines is 2. The van der Waals surface area contributed by atoms with Gasteiger partial charge in [0.2, 0.25) is 5.13 Å². The van der Waals surface area contributed by atoms with Crippen molar-refractivity contribution >= 4 is 22.2 Å². The number of aromatic nitrogens is 2. The summed E-state index contributed by atoms with van der Waals surface area (Å²) in [7, 11) is 0. The molecule has 2 N–H and O–H groups in total. The highest BCUT2D eigenvalue weighted by Crippen LogP contribution is 2.29. The van der Waals surface area contributed by atoms with Gasteiger partial charge in [0.1, 0.15) is 6.10 Å². The minimum Gasteiger partial charge on any atom is -0.381 e. The number of hydrogen-bond donors (Lipinski definition) is 2. The van der Waals surface area contributed by atoms with Gasteiger partial charge in [-0.15, -0.1) is 10.2 Å². The van der Waals surface area contributed by atoms with Crippen LogP contribution in [0.4, 0.5) is 10.8 Å². The van der Waals surface area contributed by atoms with E-state index in [1.807, 2.05) is 43.3 Å². The first kappa shape index (κ1) is 16.6. The first-order valence-corrected chi connectivity index (χ1v) is 8.79. The molecule has 1 heterocycles. The molecule has 0 amide bonds. The third-order valence-corrected chi connectivity index (χ3v) is 4.76. The van der Waals surface area contributed by atoms with Gasteiger partial charge in [-0.2, -0.15) is 0 Å². The predicted octanol–water partition coefficient (Wildman–Crippen LogP) is 4.80. The Bertz CT molecular complexity index is 811. The Morgan fingerprint density at radius 1 is 1.00 bits per heavy atom. The maximum Gasteiger partial charge on any atom is 0.210 e. The summed E-state index contributed by atoms with van der Waals surface area (Å²) in [5, 5.41) is 23.3. The van der Waals surface area contributed by atoms with E-state index in [0.29, 0.717) is 16.1 Å². The zero-order valence-corrected chi connectivity index (χ0v) is 14.8. The molecule has 0 fully saturated rings. The normalized spacial score (nSPS) is 12.4. The van der Waals surface area contributed by atoms with Crippen LogP contribution in [-0.2, 0) is 0 Å². The monoisotopic (exact) mass is 339 g/mol. The van der Waals surface area contributed by atoms with Gasteiger partial charge in [-0.3, -0.25) is 0 Å². The minimum absolute atomic E-state index is 0.472. The highest BCUT2D eigenvalue weighted by atomic mass is 32.1. The highest BCUT2D eigenvalue weighted by molar-refractivity contribution is 7.15.